The van der Waals surface area contributed by atoms with E-state index in [2.05, 4.69) is 4.98 Å². The maximum atomic E-state index is 13.5. The van der Waals surface area contributed by atoms with Gasteiger partial charge in [-0.25, -0.2) is 4.98 Å². The van der Waals surface area contributed by atoms with Crippen LogP contribution in [0.4, 0.5) is 5.13 Å². The molecule has 38 heavy (non-hydrogen) atoms. The fourth-order valence-corrected chi connectivity index (χ4v) is 5.71. The summed E-state index contributed by atoms with van der Waals surface area (Å²) < 4.78 is 12.3. The molecule has 1 aliphatic heterocycles. The number of amides is 1. The number of thiazole rings is 1. The molecule has 0 aliphatic carbocycles. The number of fused-ring (bicyclic) bond motifs is 1. The largest absolute Gasteiger partial charge is 0.507 e. The molecule has 0 radical (unpaired) electrons. The van der Waals surface area contributed by atoms with Gasteiger partial charge in [0.1, 0.15) is 5.76 Å². The topological polar surface area (TPSA) is 89.0 Å². The van der Waals surface area contributed by atoms with Gasteiger partial charge in [-0.05, 0) is 56.7 Å². The number of hydrogen-bond acceptors (Lipinski definition) is 7. The Morgan fingerprint density at radius 3 is 2.42 bits per heavy atom. The van der Waals surface area contributed by atoms with Crippen molar-refractivity contribution in [3.05, 3.63) is 87.9 Å². The molecule has 194 valence electrons. The summed E-state index contributed by atoms with van der Waals surface area (Å²) in [5.41, 5.74) is 2.63. The Hall–Kier alpha value is -3.88. The molecular weight excluding hydrogens is 524 g/mol. The summed E-state index contributed by atoms with van der Waals surface area (Å²) in [7, 11) is 0. The van der Waals surface area contributed by atoms with Crippen LogP contribution >= 0.6 is 22.9 Å². The second kappa shape index (κ2) is 10.5. The van der Waals surface area contributed by atoms with Gasteiger partial charge in [-0.2, -0.15) is 0 Å². The van der Waals surface area contributed by atoms with E-state index in [0.29, 0.717) is 51.5 Å². The first-order chi connectivity index (χ1) is 18.3. The van der Waals surface area contributed by atoms with Crippen molar-refractivity contribution in [2.45, 2.75) is 26.8 Å². The Bertz CT molecular complexity index is 1580. The Balaban J connectivity index is 1.73. The molecular formula is C29H25ClN2O5S. The van der Waals surface area contributed by atoms with Crippen LogP contribution in [-0.2, 0) is 9.59 Å². The molecule has 0 bridgehead atoms. The van der Waals surface area contributed by atoms with Gasteiger partial charge in [0, 0.05) is 10.6 Å². The lowest BCUT2D eigenvalue weighted by Crippen LogP contribution is -2.29. The number of aliphatic hydroxyl groups is 1. The number of aliphatic hydroxyl groups excluding tert-OH is 1. The van der Waals surface area contributed by atoms with E-state index in [4.69, 9.17) is 21.1 Å². The molecule has 9 heteroatoms. The average Bonchev–Trinajstić information content (AvgIpc) is 3.43. The Labute approximate surface area is 228 Å². The monoisotopic (exact) mass is 548 g/mol. The third-order valence-corrected chi connectivity index (χ3v) is 7.45. The normalized spacial score (nSPS) is 16.8. The molecule has 1 saturated heterocycles. The first-order valence-electron chi connectivity index (χ1n) is 12.2. The molecule has 3 aromatic carbocycles. The average molecular weight is 549 g/mol. The van der Waals surface area contributed by atoms with Crippen LogP contribution in [-0.4, -0.2) is 35.0 Å². The number of ether oxygens (including phenoxy) is 2. The van der Waals surface area contributed by atoms with Crippen LogP contribution in [0.25, 0.3) is 16.0 Å². The highest BCUT2D eigenvalue weighted by atomic mass is 35.5. The fourth-order valence-electron chi connectivity index (χ4n) is 4.44. The van der Waals surface area contributed by atoms with Crippen LogP contribution in [0.2, 0.25) is 5.02 Å². The quantitative estimate of drug-likeness (QED) is 0.157. The lowest BCUT2D eigenvalue weighted by atomic mass is 9.95. The van der Waals surface area contributed by atoms with Gasteiger partial charge in [0.15, 0.2) is 16.6 Å². The zero-order valence-corrected chi connectivity index (χ0v) is 22.6. The number of ketones is 1. The van der Waals surface area contributed by atoms with E-state index in [0.717, 1.165) is 10.3 Å². The predicted molar refractivity (Wildman–Crippen MR) is 149 cm³/mol. The lowest BCUT2D eigenvalue weighted by molar-refractivity contribution is -0.132. The minimum atomic E-state index is -0.942. The number of rotatable bonds is 7. The van der Waals surface area contributed by atoms with E-state index in [-0.39, 0.29) is 11.3 Å². The smallest absolute Gasteiger partial charge is 0.301 e. The third kappa shape index (κ3) is 4.61. The summed E-state index contributed by atoms with van der Waals surface area (Å²) in [6.07, 6.45) is 0. The van der Waals surface area contributed by atoms with Crippen molar-refractivity contribution < 1.29 is 24.2 Å². The molecule has 2 heterocycles. The summed E-state index contributed by atoms with van der Waals surface area (Å²) in [4.78, 5) is 33.0. The number of aryl methyl sites for hydroxylation is 1. The van der Waals surface area contributed by atoms with Gasteiger partial charge >= 0.3 is 5.91 Å². The van der Waals surface area contributed by atoms with Crippen LogP contribution < -0.4 is 14.4 Å². The number of halogens is 1. The van der Waals surface area contributed by atoms with Crippen molar-refractivity contribution in [3.63, 3.8) is 0 Å². The maximum Gasteiger partial charge on any atom is 0.301 e. The van der Waals surface area contributed by atoms with Crippen LogP contribution in [0.3, 0.4) is 0 Å². The highest BCUT2D eigenvalue weighted by Gasteiger charge is 2.48. The summed E-state index contributed by atoms with van der Waals surface area (Å²) >= 11 is 7.42. The molecule has 7 nitrogen and oxygen atoms in total. The SMILES string of the molecule is CCOc1ccc(C2C(=C(O)c3ccc(C)cc3)C(=O)C(=O)N2c2nc3ccc(Cl)cc3s2)cc1OCC. The van der Waals surface area contributed by atoms with E-state index in [1.807, 2.05) is 32.9 Å². The molecule has 5 rings (SSSR count). The van der Waals surface area contributed by atoms with Crippen LogP contribution in [0.1, 0.15) is 36.6 Å². The van der Waals surface area contributed by atoms with Crippen molar-refractivity contribution in [1.29, 1.82) is 0 Å². The highest BCUT2D eigenvalue weighted by molar-refractivity contribution is 7.22. The zero-order valence-electron chi connectivity index (χ0n) is 21.0. The molecule has 1 amide bonds. The number of anilines is 1. The molecule has 4 aromatic rings. The van der Waals surface area contributed by atoms with Gasteiger partial charge in [-0.1, -0.05) is 58.8 Å². The molecule has 1 N–H and O–H groups in total. The fraction of sp³-hybridized carbons (Fsp3) is 0.207. The number of hydrogen-bond donors (Lipinski definition) is 1. The number of carbonyl (C=O) groups excluding carboxylic acids is 2. The highest BCUT2D eigenvalue weighted by Crippen LogP contribution is 2.46. The number of benzene rings is 3. The maximum absolute atomic E-state index is 13.5. The minimum absolute atomic E-state index is 0.0252. The van der Waals surface area contributed by atoms with E-state index in [1.54, 1.807) is 48.5 Å². The molecule has 0 saturated carbocycles. The molecule has 1 fully saturated rings. The van der Waals surface area contributed by atoms with Crippen molar-refractivity contribution in [2.75, 3.05) is 18.1 Å². The van der Waals surface area contributed by atoms with Gasteiger partial charge < -0.3 is 14.6 Å². The Morgan fingerprint density at radius 2 is 1.71 bits per heavy atom. The lowest BCUT2D eigenvalue weighted by Gasteiger charge is -2.24. The Kier molecular flexibility index (Phi) is 7.10. The first kappa shape index (κ1) is 25.8. The molecule has 1 atom stereocenters. The van der Waals surface area contributed by atoms with Crippen molar-refractivity contribution in [2.24, 2.45) is 0 Å². The standard InChI is InChI=1S/C29H25ClN2O5S/c1-4-36-21-13-10-18(14-22(21)37-5-2)25-24(26(33)17-8-6-16(3)7-9-17)27(34)28(35)32(25)29-31-20-12-11-19(30)15-23(20)38-29/h6-15,25,33H,4-5H2,1-3H3. The van der Waals surface area contributed by atoms with Gasteiger partial charge in [0.05, 0.1) is 35.0 Å². The van der Waals surface area contributed by atoms with Crippen LogP contribution in [0, 0.1) is 6.92 Å². The zero-order chi connectivity index (χ0) is 27.0. The minimum Gasteiger partial charge on any atom is -0.507 e. The summed E-state index contributed by atoms with van der Waals surface area (Å²) in [5.74, 6) is -0.809. The molecule has 0 spiro atoms. The van der Waals surface area contributed by atoms with E-state index < -0.39 is 17.7 Å². The molecule has 1 aromatic heterocycles. The molecule has 1 unspecified atom stereocenters. The van der Waals surface area contributed by atoms with Gasteiger partial charge in [0.2, 0.25) is 0 Å². The van der Waals surface area contributed by atoms with Gasteiger partial charge in [0.25, 0.3) is 5.78 Å². The van der Waals surface area contributed by atoms with Gasteiger partial charge in [-0.3, -0.25) is 14.5 Å². The van der Waals surface area contributed by atoms with E-state index in [9.17, 15) is 14.7 Å². The second-order valence-corrected chi connectivity index (χ2v) is 10.2. The number of carbonyl (C=O) groups is 2. The van der Waals surface area contributed by atoms with Crippen molar-refractivity contribution in [1.82, 2.24) is 4.98 Å². The second-order valence-electron chi connectivity index (χ2n) is 8.72. The first-order valence-corrected chi connectivity index (χ1v) is 13.4. The van der Waals surface area contributed by atoms with Crippen LogP contribution in [0.5, 0.6) is 11.5 Å². The van der Waals surface area contributed by atoms with Crippen molar-refractivity contribution in [3.8, 4) is 11.5 Å². The summed E-state index contributed by atoms with van der Waals surface area (Å²) in [5, 5.41) is 12.2. The van der Waals surface area contributed by atoms with Crippen LogP contribution in [0.15, 0.2) is 66.2 Å². The Morgan fingerprint density at radius 1 is 1.00 bits per heavy atom. The van der Waals surface area contributed by atoms with E-state index >= 15 is 0 Å². The summed E-state index contributed by atoms with van der Waals surface area (Å²) in [6, 6.07) is 16.7. The van der Waals surface area contributed by atoms with Crippen molar-refractivity contribution >= 4 is 55.7 Å². The number of Topliss-reactive ketones (excluding diaryl/α,β-unsaturated/α-hetero) is 1. The number of nitrogens with zero attached hydrogens (tertiary/aromatic N) is 2. The third-order valence-electron chi connectivity index (χ3n) is 6.20. The molecule has 1 aliphatic rings. The predicted octanol–water partition coefficient (Wildman–Crippen LogP) is 6.68. The van der Waals surface area contributed by atoms with E-state index in [1.165, 1.54) is 16.2 Å². The number of aromatic nitrogens is 1. The summed E-state index contributed by atoms with van der Waals surface area (Å²) in [6.45, 7) is 6.50. The van der Waals surface area contributed by atoms with Gasteiger partial charge in [-0.15, -0.1) is 0 Å².